The van der Waals surface area contributed by atoms with Crippen molar-refractivity contribution in [3.63, 3.8) is 0 Å². The van der Waals surface area contributed by atoms with E-state index in [1.54, 1.807) is 15.9 Å². The van der Waals surface area contributed by atoms with Gasteiger partial charge in [0, 0.05) is 35.2 Å². The number of amides is 2. The summed E-state index contributed by atoms with van der Waals surface area (Å²) < 4.78 is 0. The van der Waals surface area contributed by atoms with Crippen molar-refractivity contribution in [3.8, 4) is 0 Å². The standard InChI is InChI=1S/C23H23N3O3/c1-14-8-9-19-17(10-14)18(11-21(27)24-19)23(29)25-13-22(28)26(12-16(25)3)20-7-5-4-6-15(20)2/h4-11,16H,12-13H2,1-3H3,(H,24,27)/t16-/m1/s1. The molecule has 0 unspecified atom stereocenters. The van der Waals surface area contributed by atoms with Crippen molar-refractivity contribution in [2.75, 3.05) is 18.0 Å². The van der Waals surface area contributed by atoms with E-state index in [4.69, 9.17) is 0 Å². The Morgan fingerprint density at radius 2 is 1.83 bits per heavy atom. The van der Waals surface area contributed by atoms with Gasteiger partial charge in [-0.25, -0.2) is 0 Å². The first-order valence-electron chi connectivity index (χ1n) is 9.66. The zero-order valence-electron chi connectivity index (χ0n) is 16.7. The van der Waals surface area contributed by atoms with Crippen LogP contribution < -0.4 is 10.5 Å². The highest BCUT2D eigenvalue weighted by Gasteiger charge is 2.34. The maximum atomic E-state index is 13.3. The molecular formula is C23H23N3O3. The Balaban J connectivity index is 1.69. The van der Waals surface area contributed by atoms with Gasteiger partial charge in [-0.15, -0.1) is 0 Å². The summed E-state index contributed by atoms with van der Waals surface area (Å²) in [5.41, 5.74) is 3.49. The van der Waals surface area contributed by atoms with E-state index >= 15 is 0 Å². The number of aromatic nitrogens is 1. The molecule has 1 saturated heterocycles. The quantitative estimate of drug-likeness (QED) is 0.732. The summed E-state index contributed by atoms with van der Waals surface area (Å²) in [7, 11) is 0. The molecule has 2 aromatic carbocycles. The molecule has 1 aliphatic rings. The molecule has 4 rings (SSSR count). The number of aryl methyl sites for hydroxylation is 2. The topological polar surface area (TPSA) is 73.5 Å². The van der Waals surface area contributed by atoms with Gasteiger partial charge in [0.1, 0.15) is 6.54 Å². The van der Waals surface area contributed by atoms with Gasteiger partial charge in [0.25, 0.3) is 5.91 Å². The number of nitrogens with zero attached hydrogens (tertiary/aromatic N) is 2. The van der Waals surface area contributed by atoms with Crippen LogP contribution in [0.2, 0.25) is 0 Å². The number of para-hydroxylation sites is 1. The first-order valence-corrected chi connectivity index (χ1v) is 9.66. The lowest BCUT2D eigenvalue weighted by Crippen LogP contribution is -2.57. The average Bonchev–Trinajstić information content (AvgIpc) is 2.69. The lowest BCUT2D eigenvalue weighted by molar-refractivity contribution is -0.121. The molecule has 0 bridgehead atoms. The number of nitrogens with one attached hydrogen (secondary N) is 1. The van der Waals surface area contributed by atoms with Crippen LogP contribution in [-0.2, 0) is 4.79 Å². The van der Waals surface area contributed by atoms with E-state index in [9.17, 15) is 14.4 Å². The summed E-state index contributed by atoms with van der Waals surface area (Å²) in [5.74, 6) is -0.423. The van der Waals surface area contributed by atoms with Gasteiger partial charge in [-0.05, 0) is 44.5 Å². The Morgan fingerprint density at radius 3 is 2.59 bits per heavy atom. The minimum absolute atomic E-state index is 0.0194. The molecule has 6 heteroatoms. The van der Waals surface area contributed by atoms with Gasteiger partial charge in [0.2, 0.25) is 11.5 Å². The van der Waals surface area contributed by atoms with Gasteiger partial charge in [-0.2, -0.15) is 0 Å². The predicted molar refractivity (Wildman–Crippen MR) is 113 cm³/mol. The van der Waals surface area contributed by atoms with E-state index in [0.717, 1.165) is 16.8 Å². The summed E-state index contributed by atoms with van der Waals surface area (Å²) in [6, 6.07) is 14.4. The van der Waals surface area contributed by atoms with Crippen molar-refractivity contribution in [1.82, 2.24) is 9.88 Å². The smallest absolute Gasteiger partial charge is 0.255 e. The van der Waals surface area contributed by atoms with Gasteiger partial charge in [-0.1, -0.05) is 29.8 Å². The minimum atomic E-state index is -0.331. The number of piperazine rings is 1. The fourth-order valence-corrected chi connectivity index (χ4v) is 3.92. The molecule has 0 radical (unpaired) electrons. The zero-order valence-corrected chi connectivity index (χ0v) is 16.7. The number of carbonyl (C=O) groups is 2. The molecule has 148 valence electrons. The molecular weight excluding hydrogens is 366 g/mol. The Labute approximate surface area is 168 Å². The van der Waals surface area contributed by atoms with E-state index in [1.165, 1.54) is 6.07 Å². The molecule has 6 nitrogen and oxygen atoms in total. The van der Waals surface area contributed by atoms with Crippen molar-refractivity contribution in [1.29, 1.82) is 0 Å². The Hall–Kier alpha value is -3.41. The average molecular weight is 389 g/mol. The van der Waals surface area contributed by atoms with Crippen LogP contribution in [0.3, 0.4) is 0 Å². The SMILES string of the molecule is Cc1ccc2[nH]c(=O)cc(C(=O)N3CC(=O)N(c4ccccc4C)C[C@H]3C)c2c1. The predicted octanol–water partition coefficient (Wildman–Crippen LogP) is 3.02. The monoisotopic (exact) mass is 389 g/mol. The van der Waals surface area contributed by atoms with E-state index in [-0.39, 0.29) is 30.0 Å². The summed E-state index contributed by atoms with van der Waals surface area (Å²) in [6.07, 6.45) is 0. The molecule has 0 saturated carbocycles. The molecule has 2 amide bonds. The molecule has 3 aromatic rings. The third-order valence-corrected chi connectivity index (χ3v) is 5.48. The normalized spacial score (nSPS) is 17.1. The van der Waals surface area contributed by atoms with Crippen LogP contribution in [0, 0.1) is 13.8 Å². The molecule has 0 spiro atoms. The van der Waals surface area contributed by atoms with Crippen molar-refractivity contribution in [2.24, 2.45) is 0 Å². The van der Waals surface area contributed by atoms with Crippen molar-refractivity contribution >= 4 is 28.4 Å². The van der Waals surface area contributed by atoms with Crippen LogP contribution in [0.15, 0.2) is 53.3 Å². The lowest BCUT2D eigenvalue weighted by Gasteiger charge is -2.40. The number of pyridine rings is 1. The second kappa shape index (κ2) is 7.20. The number of anilines is 1. The van der Waals surface area contributed by atoms with Crippen LogP contribution >= 0.6 is 0 Å². The van der Waals surface area contributed by atoms with E-state index in [0.29, 0.717) is 23.0 Å². The molecule has 1 atom stereocenters. The van der Waals surface area contributed by atoms with E-state index < -0.39 is 0 Å². The largest absolute Gasteiger partial charge is 0.325 e. The highest BCUT2D eigenvalue weighted by molar-refractivity contribution is 6.08. The van der Waals surface area contributed by atoms with E-state index in [1.807, 2.05) is 57.2 Å². The van der Waals surface area contributed by atoms with Crippen molar-refractivity contribution in [3.05, 3.63) is 75.6 Å². The molecule has 1 aliphatic heterocycles. The third kappa shape index (κ3) is 3.42. The molecule has 1 N–H and O–H groups in total. The Morgan fingerprint density at radius 1 is 1.07 bits per heavy atom. The number of hydrogen-bond donors (Lipinski definition) is 1. The minimum Gasteiger partial charge on any atom is -0.325 e. The van der Waals surface area contributed by atoms with Gasteiger partial charge in [0.05, 0.1) is 5.56 Å². The van der Waals surface area contributed by atoms with Crippen molar-refractivity contribution < 1.29 is 9.59 Å². The fraction of sp³-hybridized carbons (Fsp3) is 0.261. The highest BCUT2D eigenvalue weighted by Crippen LogP contribution is 2.26. The molecule has 1 aromatic heterocycles. The summed E-state index contributed by atoms with van der Waals surface area (Å²) in [6.45, 7) is 6.22. The second-order valence-corrected chi connectivity index (χ2v) is 7.67. The number of rotatable bonds is 2. The number of carbonyl (C=O) groups excluding carboxylic acids is 2. The van der Waals surface area contributed by atoms with Crippen molar-refractivity contribution in [2.45, 2.75) is 26.8 Å². The first kappa shape index (κ1) is 18.9. The molecule has 2 heterocycles. The van der Waals surface area contributed by atoms with Gasteiger partial charge >= 0.3 is 0 Å². The third-order valence-electron chi connectivity index (χ3n) is 5.48. The van der Waals surface area contributed by atoms with Crippen LogP contribution in [-0.4, -0.2) is 40.8 Å². The van der Waals surface area contributed by atoms with Gasteiger partial charge in [-0.3, -0.25) is 14.4 Å². The zero-order chi connectivity index (χ0) is 20.7. The highest BCUT2D eigenvalue weighted by atomic mass is 16.2. The first-order chi connectivity index (χ1) is 13.8. The maximum Gasteiger partial charge on any atom is 0.255 e. The molecule has 29 heavy (non-hydrogen) atoms. The number of hydrogen-bond acceptors (Lipinski definition) is 3. The molecule has 0 aliphatic carbocycles. The van der Waals surface area contributed by atoms with Gasteiger partial charge in [0.15, 0.2) is 0 Å². The Kier molecular flexibility index (Phi) is 4.70. The fourth-order valence-electron chi connectivity index (χ4n) is 3.92. The second-order valence-electron chi connectivity index (χ2n) is 7.67. The van der Waals surface area contributed by atoms with Crippen LogP contribution in [0.5, 0.6) is 0 Å². The molecule has 1 fully saturated rings. The number of fused-ring (bicyclic) bond motifs is 1. The summed E-state index contributed by atoms with van der Waals surface area (Å²) in [5, 5.41) is 0.690. The maximum absolute atomic E-state index is 13.3. The summed E-state index contributed by atoms with van der Waals surface area (Å²) >= 11 is 0. The number of benzene rings is 2. The number of H-pyrrole nitrogens is 1. The van der Waals surface area contributed by atoms with Crippen LogP contribution in [0.4, 0.5) is 5.69 Å². The van der Waals surface area contributed by atoms with Gasteiger partial charge < -0.3 is 14.8 Å². The van der Waals surface area contributed by atoms with Crippen LogP contribution in [0.25, 0.3) is 10.9 Å². The van der Waals surface area contributed by atoms with Crippen LogP contribution in [0.1, 0.15) is 28.4 Å². The summed E-state index contributed by atoms with van der Waals surface area (Å²) in [4.78, 5) is 44.4. The van der Waals surface area contributed by atoms with E-state index in [2.05, 4.69) is 4.98 Å². The number of aromatic amines is 1. The Bertz CT molecular complexity index is 1180. The lowest BCUT2D eigenvalue weighted by atomic mass is 10.0.